The molecule has 0 saturated carbocycles. The van der Waals surface area contributed by atoms with E-state index in [0.29, 0.717) is 16.6 Å². The zero-order valence-corrected chi connectivity index (χ0v) is 9.76. The van der Waals surface area contributed by atoms with Crippen LogP contribution in [0.1, 0.15) is 19.4 Å². The summed E-state index contributed by atoms with van der Waals surface area (Å²) in [4.78, 5) is 0. The van der Waals surface area contributed by atoms with Crippen molar-refractivity contribution in [1.82, 2.24) is 4.37 Å². The maximum atomic E-state index is 8.77. The molecule has 0 saturated heterocycles. The average Bonchev–Trinajstić information content (AvgIpc) is 2.42. The number of thioether (sulfide) groups is 1. The second kappa shape index (κ2) is 4.85. The van der Waals surface area contributed by atoms with Gasteiger partial charge in [0.2, 0.25) is 0 Å². The van der Waals surface area contributed by atoms with Crippen LogP contribution in [-0.2, 0) is 0 Å². The quantitative estimate of drug-likeness (QED) is 0.750. The van der Waals surface area contributed by atoms with Crippen molar-refractivity contribution >= 4 is 34.9 Å². The van der Waals surface area contributed by atoms with Crippen LogP contribution in [0.15, 0.2) is 4.21 Å². The molecule has 5 heteroatoms. The Balaban J connectivity index is 2.73. The maximum Gasteiger partial charge on any atom is 0.161 e. The maximum absolute atomic E-state index is 8.77. The van der Waals surface area contributed by atoms with Crippen LogP contribution >= 0.6 is 34.9 Å². The first-order valence-corrected chi connectivity index (χ1v) is 5.97. The number of nitrogens with zero attached hydrogens (tertiary/aromatic N) is 2. The van der Waals surface area contributed by atoms with Crippen molar-refractivity contribution in [3.63, 3.8) is 0 Å². The largest absolute Gasteiger partial charge is 0.192 e. The third kappa shape index (κ3) is 2.87. The summed E-state index contributed by atoms with van der Waals surface area (Å²) in [6.45, 7) is 4.28. The van der Waals surface area contributed by atoms with Crippen LogP contribution in [0.3, 0.4) is 0 Å². The van der Waals surface area contributed by atoms with E-state index in [9.17, 15) is 0 Å². The topological polar surface area (TPSA) is 36.7 Å². The number of halogens is 1. The molecule has 1 rings (SSSR count). The number of aromatic nitrogens is 1. The van der Waals surface area contributed by atoms with Crippen molar-refractivity contribution in [2.24, 2.45) is 5.92 Å². The molecular weight excluding hydrogens is 224 g/mol. The fourth-order valence-electron chi connectivity index (χ4n) is 0.690. The van der Waals surface area contributed by atoms with Gasteiger partial charge in [0, 0.05) is 5.75 Å². The standard InChI is InChI=1S/C8H9ClN2S2/c1-5(2)4-12-8-6(3-10)7(9)11-13-8/h5H,4H2,1-2H3. The second-order valence-corrected chi connectivity index (χ2v) is 5.37. The van der Waals surface area contributed by atoms with Gasteiger partial charge in [-0.3, -0.25) is 0 Å². The molecule has 0 N–H and O–H groups in total. The fraction of sp³-hybridized carbons (Fsp3) is 0.500. The third-order valence-electron chi connectivity index (χ3n) is 1.28. The number of hydrogen-bond donors (Lipinski definition) is 0. The Morgan fingerprint density at radius 1 is 1.69 bits per heavy atom. The van der Waals surface area contributed by atoms with E-state index in [1.54, 1.807) is 11.8 Å². The van der Waals surface area contributed by atoms with E-state index < -0.39 is 0 Å². The van der Waals surface area contributed by atoms with E-state index >= 15 is 0 Å². The molecule has 0 spiro atoms. The van der Waals surface area contributed by atoms with Gasteiger partial charge in [-0.15, -0.1) is 11.8 Å². The monoisotopic (exact) mass is 232 g/mol. The van der Waals surface area contributed by atoms with E-state index in [0.717, 1.165) is 9.96 Å². The Labute approximate surface area is 91.1 Å². The minimum absolute atomic E-state index is 0.332. The summed E-state index contributed by atoms with van der Waals surface area (Å²) in [7, 11) is 0. The lowest BCUT2D eigenvalue weighted by Crippen LogP contribution is -1.89. The summed E-state index contributed by atoms with van der Waals surface area (Å²) in [6, 6.07) is 2.06. The van der Waals surface area contributed by atoms with E-state index in [2.05, 4.69) is 24.3 Å². The molecule has 0 aromatic carbocycles. The van der Waals surface area contributed by atoms with Crippen LogP contribution in [-0.4, -0.2) is 10.1 Å². The molecule has 0 fully saturated rings. The van der Waals surface area contributed by atoms with Crippen molar-refractivity contribution < 1.29 is 0 Å². The van der Waals surface area contributed by atoms with Gasteiger partial charge in [0.25, 0.3) is 0 Å². The minimum atomic E-state index is 0.332. The van der Waals surface area contributed by atoms with Gasteiger partial charge in [0.1, 0.15) is 15.8 Å². The van der Waals surface area contributed by atoms with E-state index in [1.165, 1.54) is 11.5 Å². The third-order valence-corrected chi connectivity index (χ3v) is 4.17. The molecule has 0 atom stereocenters. The van der Waals surface area contributed by atoms with Crippen molar-refractivity contribution in [2.75, 3.05) is 5.75 Å². The first-order chi connectivity index (χ1) is 6.15. The molecule has 1 aromatic heterocycles. The molecule has 0 radical (unpaired) electrons. The van der Waals surface area contributed by atoms with E-state index in [1.807, 2.05) is 0 Å². The summed E-state index contributed by atoms with van der Waals surface area (Å²) in [5.41, 5.74) is 0.525. The summed E-state index contributed by atoms with van der Waals surface area (Å²) in [5.74, 6) is 1.60. The SMILES string of the molecule is CC(C)CSc1snc(Cl)c1C#N. The predicted molar refractivity (Wildman–Crippen MR) is 57.4 cm³/mol. The van der Waals surface area contributed by atoms with Gasteiger partial charge in [0.15, 0.2) is 5.15 Å². The van der Waals surface area contributed by atoms with Crippen LogP contribution in [0.5, 0.6) is 0 Å². The first kappa shape index (κ1) is 10.8. The highest BCUT2D eigenvalue weighted by molar-refractivity contribution is 8.01. The van der Waals surface area contributed by atoms with Crippen LogP contribution in [0, 0.1) is 17.2 Å². The Morgan fingerprint density at radius 3 is 2.92 bits per heavy atom. The molecule has 0 aliphatic carbocycles. The van der Waals surface area contributed by atoms with Gasteiger partial charge in [-0.1, -0.05) is 25.4 Å². The Bertz CT molecular complexity index is 327. The minimum Gasteiger partial charge on any atom is -0.192 e. The van der Waals surface area contributed by atoms with E-state index in [-0.39, 0.29) is 0 Å². The van der Waals surface area contributed by atoms with E-state index in [4.69, 9.17) is 16.9 Å². The summed E-state index contributed by atoms with van der Waals surface area (Å²) >= 11 is 8.67. The average molecular weight is 233 g/mol. The number of rotatable bonds is 3. The van der Waals surface area contributed by atoms with Gasteiger partial charge < -0.3 is 0 Å². The highest BCUT2D eigenvalue weighted by Crippen LogP contribution is 2.32. The van der Waals surface area contributed by atoms with Gasteiger partial charge in [-0.05, 0) is 17.5 Å². The zero-order chi connectivity index (χ0) is 9.84. The molecule has 0 unspecified atom stereocenters. The van der Waals surface area contributed by atoms with Crippen LogP contribution in [0.25, 0.3) is 0 Å². The predicted octanol–water partition coefficient (Wildman–Crippen LogP) is 3.42. The molecule has 1 heterocycles. The van der Waals surface area contributed by atoms with Gasteiger partial charge in [0.05, 0.1) is 0 Å². The number of hydrogen-bond acceptors (Lipinski definition) is 4. The molecule has 0 aliphatic heterocycles. The van der Waals surface area contributed by atoms with Crippen LogP contribution in [0.4, 0.5) is 0 Å². The molecule has 0 aliphatic rings. The molecule has 13 heavy (non-hydrogen) atoms. The lowest BCUT2D eigenvalue weighted by molar-refractivity contribution is 0.750. The van der Waals surface area contributed by atoms with Crippen molar-refractivity contribution in [2.45, 2.75) is 18.1 Å². The van der Waals surface area contributed by atoms with Crippen LogP contribution < -0.4 is 0 Å². The number of nitriles is 1. The lowest BCUT2D eigenvalue weighted by Gasteiger charge is -2.00. The van der Waals surface area contributed by atoms with Crippen molar-refractivity contribution in [3.8, 4) is 6.07 Å². The van der Waals surface area contributed by atoms with Gasteiger partial charge >= 0.3 is 0 Å². The lowest BCUT2D eigenvalue weighted by atomic mass is 10.3. The molecule has 1 aromatic rings. The Morgan fingerprint density at radius 2 is 2.38 bits per heavy atom. The molecule has 70 valence electrons. The molecular formula is C8H9ClN2S2. The smallest absolute Gasteiger partial charge is 0.161 e. The van der Waals surface area contributed by atoms with Crippen LogP contribution in [0.2, 0.25) is 5.15 Å². The molecule has 0 amide bonds. The molecule has 0 bridgehead atoms. The Hall–Kier alpha value is -0.240. The first-order valence-electron chi connectivity index (χ1n) is 3.83. The fourth-order valence-corrected chi connectivity index (χ4v) is 2.83. The van der Waals surface area contributed by atoms with Gasteiger partial charge in [-0.2, -0.15) is 9.64 Å². The Kier molecular flexibility index (Phi) is 4.04. The normalized spacial score (nSPS) is 10.4. The van der Waals surface area contributed by atoms with Crippen molar-refractivity contribution in [3.05, 3.63) is 10.7 Å². The zero-order valence-electron chi connectivity index (χ0n) is 7.37. The summed E-state index contributed by atoms with van der Waals surface area (Å²) < 4.78 is 4.86. The highest BCUT2D eigenvalue weighted by atomic mass is 35.5. The van der Waals surface area contributed by atoms with Gasteiger partial charge in [-0.25, -0.2) is 0 Å². The summed E-state index contributed by atoms with van der Waals surface area (Å²) in [5, 5.41) is 9.10. The van der Waals surface area contributed by atoms with Crippen molar-refractivity contribution in [1.29, 1.82) is 5.26 Å². The second-order valence-electron chi connectivity index (χ2n) is 2.95. The summed E-state index contributed by atoms with van der Waals surface area (Å²) in [6.07, 6.45) is 0. The highest BCUT2D eigenvalue weighted by Gasteiger charge is 2.12. The molecule has 2 nitrogen and oxygen atoms in total.